The third-order valence-corrected chi connectivity index (χ3v) is 9.31. The Labute approximate surface area is 209 Å². The lowest BCUT2D eigenvalue weighted by molar-refractivity contribution is -0.170. The first-order chi connectivity index (χ1) is 16.6. The SMILES string of the molecule is CN(CCOCc1ccccc1)C1CC2CCC1C2OC(=O)C(O)(c1cccs1)c1cccs1. The molecule has 4 unspecified atom stereocenters. The van der Waals surface area contributed by atoms with Crippen LogP contribution in [0.1, 0.15) is 34.6 Å². The minimum absolute atomic E-state index is 0.142. The largest absolute Gasteiger partial charge is 0.459 e. The number of carbonyl (C=O) groups is 1. The molecule has 34 heavy (non-hydrogen) atoms. The standard InChI is InChI=1S/C27H31NO4S2/c1-28(13-14-31-18-19-7-3-2-4-8-19)22-17-20-11-12-21(22)25(20)32-26(29)27(30,23-9-5-15-33-23)24-10-6-16-34-24/h2-10,15-16,20-22,25,30H,11-14,17-18H2,1H3. The summed E-state index contributed by atoms with van der Waals surface area (Å²) < 4.78 is 12.0. The Morgan fingerprint density at radius 1 is 1.06 bits per heavy atom. The van der Waals surface area contributed by atoms with Gasteiger partial charge in [0.2, 0.25) is 5.60 Å². The molecule has 2 aliphatic carbocycles. The molecule has 4 atom stereocenters. The number of ether oxygens (including phenoxy) is 2. The second-order valence-corrected chi connectivity index (χ2v) is 11.3. The molecule has 0 amide bonds. The van der Waals surface area contributed by atoms with Crippen LogP contribution in [-0.4, -0.2) is 48.3 Å². The van der Waals surface area contributed by atoms with Crippen molar-refractivity contribution in [3.63, 3.8) is 0 Å². The number of hydrogen-bond donors (Lipinski definition) is 1. The number of likely N-dealkylation sites (N-methyl/N-ethyl adjacent to an activating group) is 1. The van der Waals surface area contributed by atoms with Crippen LogP contribution in [0.2, 0.25) is 0 Å². The molecule has 0 spiro atoms. The molecule has 1 N–H and O–H groups in total. The van der Waals surface area contributed by atoms with E-state index in [2.05, 4.69) is 24.1 Å². The van der Waals surface area contributed by atoms with E-state index in [9.17, 15) is 9.90 Å². The van der Waals surface area contributed by atoms with Gasteiger partial charge < -0.3 is 19.5 Å². The first-order valence-corrected chi connectivity index (χ1v) is 13.7. The van der Waals surface area contributed by atoms with Crippen molar-refractivity contribution in [1.82, 2.24) is 4.90 Å². The predicted octanol–water partition coefficient (Wildman–Crippen LogP) is 4.90. The van der Waals surface area contributed by atoms with Crippen molar-refractivity contribution in [1.29, 1.82) is 0 Å². The molecular formula is C27H31NO4S2. The number of esters is 1. The number of carbonyl (C=O) groups excluding carboxylic acids is 1. The van der Waals surface area contributed by atoms with Crippen molar-refractivity contribution >= 4 is 28.6 Å². The Morgan fingerprint density at radius 3 is 2.41 bits per heavy atom. The smallest absolute Gasteiger partial charge is 0.349 e. The van der Waals surface area contributed by atoms with Crippen LogP contribution < -0.4 is 0 Å². The molecule has 3 aromatic rings. The van der Waals surface area contributed by atoms with Crippen LogP contribution >= 0.6 is 22.7 Å². The second kappa shape index (κ2) is 10.3. The quantitative estimate of drug-likeness (QED) is 0.319. The van der Waals surface area contributed by atoms with Gasteiger partial charge in [-0.05, 0) is 60.7 Å². The van der Waals surface area contributed by atoms with Crippen LogP contribution in [0.3, 0.4) is 0 Å². The predicted molar refractivity (Wildman–Crippen MR) is 135 cm³/mol. The lowest BCUT2D eigenvalue weighted by Crippen LogP contribution is -2.42. The monoisotopic (exact) mass is 497 g/mol. The van der Waals surface area contributed by atoms with E-state index in [4.69, 9.17) is 9.47 Å². The molecule has 0 aliphatic heterocycles. The van der Waals surface area contributed by atoms with Gasteiger partial charge in [-0.25, -0.2) is 4.79 Å². The summed E-state index contributed by atoms with van der Waals surface area (Å²) >= 11 is 2.76. The summed E-state index contributed by atoms with van der Waals surface area (Å²) in [6, 6.07) is 17.9. The second-order valence-electron chi connectivity index (χ2n) is 9.36. The Balaban J connectivity index is 1.20. The molecule has 0 radical (unpaired) electrons. The zero-order chi connectivity index (χ0) is 23.5. The molecule has 2 heterocycles. The molecule has 5 nitrogen and oxygen atoms in total. The maximum atomic E-state index is 13.5. The van der Waals surface area contributed by atoms with Gasteiger partial charge in [-0.2, -0.15) is 0 Å². The zero-order valence-corrected chi connectivity index (χ0v) is 21.0. The van der Waals surface area contributed by atoms with E-state index in [1.165, 1.54) is 28.2 Å². The summed E-state index contributed by atoms with van der Waals surface area (Å²) in [6.07, 6.45) is 3.01. The van der Waals surface area contributed by atoms with Crippen LogP contribution in [0.15, 0.2) is 65.4 Å². The molecular weight excluding hydrogens is 466 g/mol. The summed E-state index contributed by atoms with van der Waals surface area (Å²) in [6.45, 7) is 2.13. The van der Waals surface area contributed by atoms with Crippen LogP contribution in [0.5, 0.6) is 0 Å². The van der Waals surface area contributed by atoms with E-state index in [0.717, 1.165) is 25.8 Å². The summed E-state index contributed by atoms with van der Waals surface area (Å²) in [5.74, 6) is 0.0975. The number of benzene rings is 1. The van der Waals surface area contributed by atoms with Gasteiger partial charge in [-0.15, -0.1) is 22.7 Å². The van der Waals surface area contributed by atoms with E-state index in [1.807, 2.05) is 41.1 Å². The van der Waals surface area contributed by atoms with Crippen LogP contribution in [-0.2, 0) is 26.5 Å². The maximum absolute atomic E-state index is 13.5. The number of aliphatic hydroxyl groups is 1. The van der Waals surface area contributed by atoms with Crippen molar-refractivity contribution in [3.8, 4) is 0 Å². The van der Waals surface area contributed by atoms with Crippen molar-refractivity contribution in [2.45, 2.75) is 43.6 Å². The van der Waals surface area contributed by atoms with Crippen molar-refractivity contribution < 1.29 is 19.4 Å². The number of thiophene rings is 2. The van der Waals surface area contributed by atoms with E-state index in [1.54, 1.807) is 12.1 Å². The van der Waals surface area contributed by atoms with Crippen LogP contribution in [0, 0.1) is 11.8 Å². The molecule has 2 saturated carbocycles. The number of rotatable bonds is 10. The van der Waals surface area contributed by atoms with Crippen LogP contribution in [0.4, 0.5) is 0 Å². The molecule has 1 aromatic carbocycles. The first-order valence-electron chi connectivity index (χ1n) is 11.9. The highest BCUT2D eigenvalue weighted by atomic mass is 32.1. The minimum Gasteiger partial charge on any atom is -0.459 e. The fourth-order valence-electron chi connectivity index (χ4n) is 5.56. The van der Waals surface area contributed by atoms with Crippen molar-refractivity contribution in [2.24, 2.45) is 11.8 Å². The number of nitrogens with zero attached hydrogens (tertiary/aromatic N) is 1. The third-order valence-electron chi connectivity index (χ3n) is 7.36. The highest BCUT2D eigenvalue weighted by molar-refractivity contribution is 7.12. The van der Waals surface area contributed by atoms with Gasteiger partial charge in [0.15, 0.2) is 0 Å². The van der Waals surface area contributed by atoms with Gasteiger partial charge in [0.05, 0.1) is 23.0 Å². The number of hydrogen-bond acceptors (Lipinski definition) is 7. The maximum Gasteiger partial charge on any atom is 0.349 e. The average molecular weight is 498 g/mol. The van der Waals surface area contributed by atoms with Crippen LogP contribution in [0.25, 0.3) is 0 Å². The first kappa shape index (κ1) is 23.7. The minimum atomic E-state index is -1.74. The van der Waals surface area contributed by atoms with Gasteiger partial charge in [0, 0.05) is 18.5 Å². The molecule has 180 valence electrons. The van der Waals surface area contributed by atoms with Gasteiger partial charge in [-0.1, -0.05) is 42.5 Å². The van der Waals surface area contributed by atoms with Gasteiger partial charge in [0.1, 0.15) is 6.10 Å². The fourth-order valence-corrected chi connectivity index (χ4v) is 7.28. The highest BCUT2D eigenvalue weighted by Gasteiger charge is 2.54. The zero-order valence-electron chi connectivity index (χ0n) is 19.3. The molecule has 7 heteroatoms. The molecule has 2 aliphatic rings. The molecule has 2 aromatic heterocycles. The van der Waals surface area contributed by atoms with E-state index < -0.39 is 11.6 Å². The fraction of sp³-hybridized carbons (Fsp3) is 0.444. The molecule has 2 fully saturated rings. The third kappa shape index (κ3) is 4.60. The number of fused-ring (bicyclic) bond motifs is 2. The average Bonchev–Trinajstić information content (AvgIpc) is 3.67. The Hall–Kier alpha value is -2.03. The van der Waals surface area contributed by atoms with E-state index in [-0.39, 0.29) is 6.10 Å². The topological polar surface area (TPSA) is 59.0 Å². The Morgan fingerprint density at radius 2 is 1.76 bits per heavy atom. The summed E-state index contributed by atoms with van der Waals surface area (Å²) in [5.41, 5.74) is -0.558. The van der Waals surface area contributed by atoms with Gasteiger partial charge in [0.25, 0.3) is 0 Å². The van der Waals surface area contributed by atoms with Crippen molar-refractivity contribution in [2.75, 3.05) is 20.2 Å². The Kier molecular flexibility index (Phi) is 7.18. The molecule has 2 bridgehead atoms. The molecule has 5 rings (SSSR count). The Bertz CT molecular complexity index is 1020. The van der Waals surface area contributed by atoms with Gasteiger partial charge >= 0.3 is 5.97 Å². The summed E-state index contributed by atoms with van der Waals surface area (Å²) in [5, 5.41) is 15.3. The summed E-state index contributed by atoms with van der Waals surface area (Å²) in [4.78, 5) is 17.0. The summed E-state index contributed by atoms with van der Waals surface area (Å²) in [7, 11) is 2.14. The van der Waals surface area contributed by atoms with E-state index >= 15 is 0 Å². The normalized spacial score (nSPS) is 24.1. The molecule has 0 saturated heterocycles. The van der Waals surface area contributed by atoms with Crippen molar-refractivity contribution in [3.05, 3.63) is 80.7 Å². The lowest BCUT2D eigenvalue weighted by atomic mass is 9.94. The van der Waals surface area contributed by atoms with Gasteiger partial charge in [-0.3, -0.25) is 0 Å². The highest BCUT2D eigenvalue weighted by Crippen LogP contribution is 2.49. The lowest BCUT2D eigenvalue weighted by Gasteiger charge is -2.32. The van der Waals surface area contributed by atoms with E-state index in [0.29, 0.717) is 40.8 Å².